The van der Waals surface area contributed by atoms with Gasteiger partial charge in [0.2, 0.25) is 11.8 Å². The number of aromatic nitrogens is 2. The minimum Gasteiger partial charge on any atom is -0.481 e. The molecule has 1 atom stereocenters. The van der Waals surface area contributed by atoms with Crippen LogP contribution in [0.3, 0.4) is 0 Å². The van der Waals surface area contributed by atoms with Crippen LogP contribution in [-0.2, 0) is 9.59 Å². The van der Waals surface area contributed by atoms with Crippen LogP contribution in [0.25, 0.3) is 11.5 Å². The van der Waals surface area contributed by atoms with Gasteiger partial charge in [0, 0.05) is 18.5 Å². The quantitative estimate of drug-likeness (QED) is 0.916. The zero-order chi connectivity index (χ0) is 15.0. The fraction of sp³-hybridized carbons (Fsp3) is 0.231. The zero-order valence-corrected chi connectivity index (χ0v) is 10.7. The summed E-state index contributed by atoms with van der Waals surface area (Å²) < 4.78 is 18.5. The first-order valence-electron chi connectivity index (χ1n) is 6.17. The summed E-state index contributed by atoms with van der Waals surface area (Å²) in [5.74, 6) is -2.61. The Balaban J connectivity index is 1.86. The van der Waals surface area contributed by atoms with Crippen molar-refractivity contribution >= 4 is 17.9 Å². The summed E-state index contributed by atoms with van der Waals surface area (Å²) in [5, 5.41) is 16.4. The van der Waals surface area contributed by atoms with E-state index in [4.69, 9.17) is 9.52 Å². The molecule has 1 aromatic carbocycles. The highest BCUT2D eigenvalue weighted by atomic mass is 19.1. The van der Waals surface area contributed by atoms with Gasteiger partial charge >= 0.3 is 12.0 Å². The second kappa shape index (κ2) is 4.97. The average molecular weight is 291 g/mol. The predicted molar refractivity (Wildman–Crippen MR) is 67.8 cm³/mol. The molecule has 1 aliphatic heterocycles. The average Bonchev–Trinajstić information content (AvgIpc) is 3.05. The molecule has 0 bridgehead atoms. The van der Waals surface area contributed by atoms with Gasteiger partial charge in [-0.2, -0.15) is 0 Å². The van der Waals surface area contributed by atoms with Crippen molar-refractivity contribution in [3.63, 3.8) is 0 Å². The van der Waals surface area contributed by atoms with Crippen LogP contribution in [0.5, 0.6) is 0 Å². The van der Waals surface area contributed by atoms with E-state index >= 15 is 0 Å². The van der Waals surface area contributed by atoms with Crippen LogP contribution in [-0.4, -0.2) is 33.7 Å². The van der Waals surface area contributed by atoms with Crippen LogP contribution in [0.4, 0.5) is 10.4 Å². The summed E-state index contributed by atoms with van der Waals surface area (Å²) in [6.07, 6.45) is -0.104. The molecular formula is C13H10FN3O4. The molecule has 0 aliphatic carbocycles. The number of nitrogens with zero attached hydrogens (tertiary/aromatic N) is 3. The first kappa shape index (κ1) is 13.2. The number of anilines is 1. The molecule has 21 heavy (non-hydrogen) atoms. The summed E-state index contributed by atoms with van der Waals surface area (Å²) in [6.45, 7) is -0.0149. The van der Waals surface area contributed by atoms with E-state index in [0.29, 0.717) is 5.56 Å². The Morgan fingerprint density at radius 1 is 1.43 bits per heavy atom. The van der Waals surface area contributed by atoms with E-state index < -0.39 is 23.6 Å². The first-order chi connectivity index (χ1) is 10.0. The largest absolute Gasteiger partial charge is 0.481 e. The van der Waals surface area contributed by atoms with Gasteiger partial charge in [0.25, 0.3) is 0 Å². The highest BCUT2D eigenvalue weighted by Gasteiger charge is 2.37. The third-order valence-electron chi connectivity index (χ3n) is 3.19. The molecule has 8 heteroatoms. The number of halogens is 1. The topological polar surface area (TPSA) is 96.5 Å². The van der Waals surface area contributed by atoms with E-state index in [1.54, 1.807) is 6.07 Å². The van der Waals surface area contributed by atoms with Gasteiger partial charge in [0.05, 0.1) is 5.92 Å². The Morgan fingerprint density at radius 3 is 2.90 bits per heavy atom. The van der Waals surface area contributed by atoms with Gasteiger partial charge in [-0.25, -0.2) is 4.39 Å². The molecule has 7 nitrogen and oxygen atoms in total. The number of aliphatic carboxylic acids is 1. The van der Waals surface area contributed by atoms with E-state index in [9.17, 15) is 14.0 Å². The number of carbonyl (C=O) groups excluding carboxylic acids is 1. The second-order valence-electron chi connectivity index (χ2n) is 4.64. The van der Waals surface area contributed by atoms with Crippen molar-refractivity contribution in [1.82, 2.24) is 10.2 Å². The molecule has 2 aromatic rings. The Bertz CT molecular complexity index is 715. The van der Waals surface area contributed by atoms with Gasteiger partial charge in [-0.1, -0.05) is 11.2 Å². The lowest BCUT2D eigenvalue weighted by Crippen LogP contribution is -2.26. The maximum absolute atomic E-state index is 13.1. The van der Waals surface area contributed by atoms with Crippen molar-refractivity contribution in [2.24, 2.45) is 5.92 Å². The molecule has 1 N–H and O–H groups in total. The monoisotopic (exact) mass is 291 g/mol. The number of carbonyl (C=O) groups is 2. The van der Waals surface area contributed by atoms with Crippen LogP contribution in [0.1, 0.15) is 6.42 Å². The molecular weight excluding hydrogens is 281 g/mol. The van der Waals surface area contributed by atoms with E-state index in [-0.39, 0.29) is 24.9 Å². The minimum absolute atomic E-state index is 0.0149. The molecule has 0 spiro atoms. The van der Waals surface area contributed by atoms with Gasteiger partial charge in [0.15, 0.2) is 0 Å². The summed E-state index contributed by atoms with van der Waals surface area (Å²) in [4.78, 5) is 23.8. The maximum Gasteiger partial charge on any atom is 0.325 e. The zero-order valence-electron chi connectivity index (χ0n) is 10.7. The van der Waals surface area contributed by atoms with Crippen molar-refractivity contribution in [3.8, 4) is 11.5 Å². The van der Waals surface area contributed by atoms with Gasteiger partial charge in [0.1, 0.15) is 5.82 Å². The standard InChI is InChI=1S/C13H10FN3O4/c14-9-3-1-2-7(4-9)11-15-16-13(21-11)17-6-8(12(19)20)5-10(17)18/h1-4,8H,5-6H2,(H,19,20). The molecule has 0 radical (unpaired) electrons. The molecule has 1 aromatic heterocycles. The number of carboxylic acids is 1. The fourth-order valence-electron chi connectivity index (χ4n) is 2.12. The van der Waals surface area contributed by atoms with Crippen LogP contribution < -0.4 is 4.90 Å². The van der Waals surface area contributed by atoms with Gasteiger partial charge in [-0.05, 0) is 18.2 Å². The molecule has 1 saturated heterocycles. The number of carboxylic acid groups (broad SMARTS) is 1. The lowest BCUT2D eigenvalue weighted by molar-refractivity contribution is -0.141. The fourth-order valence-corrected chi connectivity index (χ4v) is 2.12. The van der Waals surface area contributed by atoms with E-state index in [2.05, 4.69) is 10.2 Å². The summed E-state index contributed by atoms with van der Waals surface area (Å²) >= 11 is 0. The Hall–Kier alpha value is -2.77. The van der Waals surface area contributed by atoms with Gasteiger partial charge in [-0.3, -0.25) is 14.5 Å². The Labute approximate surface area is 118 Å². The third-order valence-corrected chi connectivity index (χ3v) is 3.19. The van der Waals surface area contributed by atoms with Crippen molar-refractivity contribution in [1.29, 1.82) is 0 Å². The first-order valence-corrected chi connectivity index (χ1v) is 6.17. The molecule has 1 fully saturated rings. The molecule has 1 amide bonds. The number of amides is 1. The van der Waals surface area contributed by atoms with Gasteiger partial charge in [-0.15, -0.1) is 5.10 Å². The number of hydrogen-bond acceptors (Lipinski definition) is 5. The van der Waals surface area contributed by atoms with E-state index in [1.807, 2.05) is 0 Å². The van der Waals surface area contributed by atoms with Gasteiger partial charge < -0.3 is 9.52 Å². The van der Waals surface area contributed by atoms with Crippen LogP contribution in [0.15, 0.2) is 28.7 Å². The minimum atomic E-state index is -1.05. The third kappa shape index (κ3) is 2.47. The van der Waals surface area contributed by atoms with Crippen LogP contribution in [0, 0.1) is 11.7 Å². The van der Waals surface area contributed by atoms with Crippen molar-refractivity contribution in [3.05, 3.63) is 30.1 Å². The molecule has 2 heterocycles. The van der Waals surface area contributed by atoms with Crippen molar-refractivity contribution in [2.45, 2.75) is 6.42 Å². The number of benzene rings is 1. The van der Waals surface area contributed by atoms with Crippen LogP contribution in [0.2, 0.25) is 0 Å². The second-order valence-corrected chi connectivity index (χ2v) is 4.64. The van der Waals surface area contributed by atoms with Crippen molar-refractivity contribution in [2.75, 3.05) is 11.4 Å². The highest BCUT2D eigenvalue weighted by Crippen LogP contribution is 2.27. The molecule has 0 saturated carbocycles. The Kier molecular flexibility index (Phi) is 3.13. The van der Waals surface area contributed by atoms with Crippen molar-refractivity contribution < 1.29 is 23.5 Å². The molecule has 1 unspecified atom stereocenters. The predicted octanol–water partition coefficient (Wildman–Crippen LogP) is 1.31. The SMILES string of the molecule is O=C(O)C1CC(=O)N(c2nnc(-c3cccc(F)c3)o2)C1. The van der Waals surface area contributed by atoms with Crippen LogP contribution >= 0.6 is 0 Å². The molecule has 108 valence electrons. The van der Waals surface area contributed by atoms with E-state index in [0.717, 1.165) is 4.90 Å². The normalized spacial score (nSPS) is 18.2. The highest BCUT2D eigenvalue weighted by molar-refractivity contribution is 5.97. The molecule has 1 aliphatic rings. The Morgan fingerprint density at radius 2 is 2.24 bits per heavy atom. The lowest BCUT2D eigenvalue weighted by atomic mass is 10.1. The number of hydrogen-bond donors (Lipinski definition) is 1. The summed E-state index contributed by atoms with van der Waals surface area (Å²) in [7, 11) is 0. The lowest BCUT2D eigenvalue weighted by Gasteiger charge is -2.09. The maximum atomic E-state index is 13.1. The molecule has 3 rings (SSSR count). The smallest absolute Gasteiger partial charge is 0.325 e. The summed E-state index contributed by atoms with van der Waals surface area (Å²) in [6, 6.07) is 5.51. The number of rotatable bonds is 3. The van der Waals surface area contributed by atoms with E-state index in [1.165, 1.54) is 18.2 Å². The summed E-state index contributed by atoms with van der Waals surface area (Å²) in [5.41, 5.74) is 0.384.